The molecule has 0 aromatic heterocycles. The van der Waals surface area contributed by atoms with E-state index >= 15 is 0 Å². The largest absolute Gasteiger partial charge is 0.492 e. The van der Waals surface area contributed by atoms with Gasteiger partial charge in [-0.05, 0) is 37.1 Å². The van der Waals surface area contributed by atoms with Gasteiger partial charge in [0, 0.05) is 40.3 Å². The molecule has 0 bridgehead atoms. The van der Waals surface area contributed by atoms with E-state index in [1.807, 2.05) is 0 Å². The van der Waals surface area contributed by atoms with Crippen LogP contribution in [0.1, 0.15) is 47.1 Å². The SMILES string of the molecule is O=C(O)C[C@@H]1COc2cc(O[C@@H]3CCc4c(Oc5ccc(CO)c(F)c5)ccc(F)c43)ccc21. The van der Waals surface area contributed by atoms with E-state index in [1.54, 1.807) is 24.3 Å². The van der Waals surface area contributed by atoms with Crippen LogP contribution in [0.5, 0.6) is 23.0 Å². The molecule has 176 valence electrons. The van der Waals surface area contributed by atoms with E-state index in [0.717, 1.165) is 5.56 Å². The summed E-state index contributed by atoms with van der Waals surface area (Å²) in [5.41, 5.74) is 2.05. The smallest absolute Gasteiger partial charge is 0.304 e. The number of hydrogen-bond acceptors (Lipinski definition) is 5. The van der Waals surface area contributed by atoms with Crippen molar-refractivity contribution in [3.05, 3.63) is 82.4 Å². The van der Waals surface area contributed by atoms with E-state index in [2.05, 4.69) is 0 Å². The Morgan fingerprint density at radius 2 is 1.88 bits per heavy atom. The highest BCUT2D eigenvalue weighted by Crippen LogP contribution is 2.44. The van der Waals surface area contributed by atoms with Crippen LogP contribution in [0.25, 0.3) is 0 Å². The number of ether oxygens (including phenoxy) is 3. The van der Waals surface area contributed by atoms with Gasteiger partial charge in [-0.25, -0.2) is 8.78 Å². The maximum Gasteiger partial charge on any atom is 0.304 e. The van der Waals surface area contributed by atoms with Gasteiger partial charge in [-0.1, -0.05) is 12.1 Å². The molecule has 2 N–H and O–H groups in total. The summed E-state index contributed by atoms with van der Waals surface area (Å²) in [6.07, 6.45) is 0.501. The Morgan fingerprint density at radius 3 is 2.65 bits per heavy atom. The first-order valence-corrected chi connectivity index (χ1v) is 11.0. The van der Waals surface area contributed by atoms with Crippen LogP contribution in [0.15, 0.2) is 48.5 Å². The molecule has 8 heteroatoms. The lowest BCUT2D eigenvalue weighted by molar-refractivity contribution is -0.137. The lowest BCUT2D eigenvalue weighted by atomic mass is 9.98. The molecule has 34 heavy (non-hydrogen) atoms. The van der Waals surface area contributed by atoms with Crippen molar-refractivity contribution in [2.24, 2.45) is 0 Å². The molecule has 6 nitrogen and oxygen atoms in total. The fourth-order valence-corrected chi connectivity index (χ4v) is 4.58. The highest BCUT2D eigenvalue weighted by molar-refractivity contribution is 5.68. The molecule has 0 amide bonds. The minimum absolute atomic E-state index is 0.0101. The van der Waals surface area contributed by atoms with Crippen molar-refractivity contribution >= 4 is 5.97 Å². The fourth-order valence-electron chi connectivity index (χ4n) is 4.58. The van der Waals surface area contributed by atoms with Crippen LogP contribution in [0.4, 0.5) is 8.78 Å². The van der Waals surface area contributed by atoms with Crippen molar-refractivity contribution in [1.82, 2.24) is 0 Å². The lowest BCUT2D eigenvalue weighted by Gasteiger charge is -2.17. The monoisotopic (exact) mass is 468 g/mol. The Labute approximate surface area is 194 Å². The summed E-state index contributed by atoms with van der Waals surface area (Å²) in [5, 5.41) is 18.2. The van der Waals surface area contributed by atoms with E-state index in [4.69, 9.17) is 24.4 Å². The summed E-state index contributed by atoms with van der Waals surface area (Å²) in [6, 6.07) is 12.2. The zero-order valence-corrected chi connectivity index (χ0v) is 18.1. The minimum Gasteiger partial charge on any atom is -0.492 e. The molecule has 0 saturated heterocycles. The van der Waals surface area contributed by atoms with Gasteiger partial charge in [-0.2, -0.15) is 0 Å². The number of aliphatic hydroxyl groups is 1. The van der Waals surface area contributed by atoms with Gasteiger partial charge in [0.15, 0.2) is 0 Å². The average Bonchev–Trinajstić information content (AvgIpc) is 3.40. The van der Waals surface area contributed by atoms with Gasteiger partial charge in [0.1, 0.15) is 40.7 Å². The molecular weight excluding hydrogens is 446 g/mol. The van der Waals surface area contributed by atoms with Crippen molar-refractivity contribution in [1.29, 1.82) is 0 Å². The number of aliphatic hydroxyl groups excluding tert-OH is 1. The van der Waals surface area contributed by atoms with Gasteiger partial charge >= 0.3 is 5.97 Å². The van der Waals surface area contributed by atoms with E-state index in [1.165, 1.54) is 24.3 Å². The summed E-state index contributed by atoms with van der Waals surface area (Å²) in [7, 11) is 0. The van der Waals surface area contributed by atoms with Crippen molar-refractivity contribution in [3.63, 3.8) is 0 Å². The maximum absolute atomic E-state index is 14.8. The van der Waals surface area contributed by atoms with Gasteiger partial charge < -0.3 is 24.4 Å². The Hall–Kier alpha value is -3.65. The first kappa shape index (κ1) is 22.2. The molecule has 3 aromatic carbocycles. The van der Waals surface area contributed by atoms with Crippen molar-refractivity contribution in [3.8, 4) is 23.0 Å². The number of carbonyl (C=O) groups is 1. The molecule has 0 saturated carbocycles. The lowest BCUT2D eigenvalue weighted by Crippen LogP contribution is -2.07. The predicted octanol–water partition coefficient (Wildman–Crippen LogP) is 5.27. The number of aliphatic carboxylic acids is 1. The zero-order chi connectivity index (χ0) is 23.8. The second kappa shape index (κ2) is 8.95. The topological polar surface area (TPSA) is 85.2 Å². The number of halogens is 2. The predicted molar refractivity (Wildman–Crippen MR) is 117 cm³/mol. The number of benzene rings is 3. The third kappa shape index (κ3) is 4.17. The van der Waals surface area contributed by atoms with E-state index < -0.39 is 30.3 Å². The Morgan fingerprint density at radius 1 is 1.06 bits per heavy atom. The summed E-state index contributed by atoms with van der Waals surface area (Å²) in [6.45, 7) is -0.114. The number of carboxylic acids is 1. The van der Waals surface area contributed by atoms with Crippen LogP contribution in [0, 0.1) is 11.6 Å². The van der Waals surface area contributed by atoms with Crippen molar-refractivity contribution < 1.29 is 38.0 Å². The molecule has 0 radical (unpaired) electrons. The Balaban J connectivity index is 1.37. The van der Waals surface area contributed by atoms with Crippen LogP contribution in [0.2, 0.25) is 0 Å². The average molecular weight is 468 g/mol. The van der Waals surface area contributed by atoms with Crippen LogP contribution in [0.3, 0.4) is 0 Å². The molecule has 1 aliphatic carbocycles. The van der Waals surface area contributed by atoms with Gasteiger partial charge in [0.05, 0.1) is 19.6 Å². The minimum atomic E-state index is -0.884. The zero-order valence-electron chi connectivity index (χ0n) is 18.1. The summed E-state index contributed by atoms with van der Waals surface area (Å²) in [5.74, 6) is -0.332. The molecule has 1 heterocycles. The second-order valence-electron chi connectivity index (χ2n) is 8.40. The van der Waals surface area contributed by atoms with E-state index in [9.17, 15) is 13.6 Å². The van der Waals surface area contributed by atoms with Gasteiger partial charge in [-0.3, -0.25) is 4.79 Å². The van der Waals surface area contributed by atoms with Crippen molar-refractivity contribution in [2.45, 2.75) is 37.9 Å². The normalized spacial score (nSPS) is 18.2. The standard InChI is InChI=1S/C26H22F2O6/c27-20-6-8-22(33-16-2-1-14(12-29)21(28)10-16)19-5-7-23(26(19)20)34-17-3-4-18-15(9-25(30)31)13-32-24(18)11-17/h1-4,6,8,10-11,15,23,29H,5,7,9,12-13H2,(H,30,31)/t15-,23-/m1/s1. The summed E-state index contributed by atoms with van der Waals surface area (Å²) >= 11 is 0. The molecule has 0 unspecified atom stereocenters. The number of hydrogen-bond donors (Lipinski definition) is 2. The first-order chi connectivity index (χ1) is 16.4. The van der Waals surface area contributed by atoms with Gasteiger partial charge in [0.2, 0.25) is 0 Å². The third-order valence-electron chi connectivity index (χ3n) is 6.23. The maximum atomic E-state index is 14.8. The van der Waals surface area contributed by atoms with E-state index in [0.29, 0.717) is 47.8 Å². The number of fused-ring (bicyclic) bond motifs is 2. The molecule has 3 aromatic rings. The van der Waals surface area contributed by atoms with E-state index in [-0.39, 0.29) is 23.7 Å². The molecule has 2 atom stereocenters. The highest BCUT2D eigenvalue weighted by atomic mass is 19.1. The molecule has 0 spiro atoms. The molecule has 5 rings (SSSR count). The van der Waals surface area contributed by atoms with Crippen LogP contribution in [-0.2, 0) is 17.8 Å². The fraction of sp³-hybridized carbons (Fsp3) is 0.269. The molecule has 1 aliphatic heterocycles. The summed E-state index contributed by atoms with van der Waals surface area (Å²) < 4.78 is 46.4. The third-order valence-corrected chi connectivity index (χ3v) is 6.23. The van der Waals surface area contributed by atoms with Crippen LogP contribution >= 0.6 is 0 Å². The first-order valence-electron chi connectivity index (χ1n) is 11.0. The molecule has 2 aliphatic rings. The number of carboxylic acid groups (broad SMARTS) is 1. The molecule has 0 fully saturated rings. The van der Waals surface area contributed by atoms with Gasteiger partial charge in [-0.15, -0.1) is 0 Å². The van der Waals surface area contributed by atoms with Crippen LogP contribution in [-0.4, -0.2) is 22.8 Å². The highest BCUT2D eigenvalue weighted by Gasteiger charge is 2.32. The van der Waals surface area contributed by atoms with Crippen LogP contribution < -0.4 is 14.2 Å². The Bertz CT molecular complexity index is 1260. The van der Waals surface area contributed by atoms with Crippen molar-refractivity contribution in [2.75, 3.05) is 6.61 Å². The number of rotatable bonds is 7. The molecular formula is C26H22F2O6. The summed E-state index contributed by atoms with van der Waals surface area (Å²) in [4.78, 5) is 11.0. The second-order valence-corrected chi connectivity index (χ2v) is 8.40. The quantitative estimate of drug-likeness (QED) is 0.492. The van der Waals surface area contributed by atoms with Gasteiger partial charge in [0.25, 0.3) is 0 Å². The Kier molecular flexibility index (Phi) is 5.83.